The van der Waals surface area contributed by atoms with Crippen LogP contribution in [-0.2, 0) is 11.2 Å². The van der Waals surface area contributed by atoms with Crippen molar-refractivity contribution in [1.29, 1.82) is 0 Å². The van der Waals surface area contributed by atoms with Gasteiger partial charge in [-0.1, -0.05) is 55.4 Å². The Balaban J connectivity index is 1.17. The van der Waals surface area contributed by atoms with E-state index in [9.17, 15) is 15.0 Å². The number of benzene rings is 1. The molecule has 4 aliphatic rings. The SMILES string of the molecule is Cc1ccccc1-n1ncc2c1C=C1CCC3C(C(O)CC4(C)C3CC[C@]4(O)C(=O)CSc3ccccn3)C1(C)C2. The van der Waals surface area contributed by atoms with Crippen molar-refractivity contribution >= 4 is 23.6 Å². The third kappa shape index (κ3) is 3.95. The number of hydrogen-bond donors (Lipinski definition) is 2. The van der Waals surface area contributed by atoms with Crippen LogP contribution in [0.4, 0.5) is 0 Å². The molecule has 6 unspecified atom stereocenters. The maximum atomic E-state index is 13.6. The van der Waals surface area contributed by atoms with E-state index in [1.165, 1.54) is 28.5 Å². The molecule has 6 nitrogen and oxygen atoms in total. The largest absolute Gasteiger partial charge is 0.393 e. The quantitative estimate of drug-likeness (QED) is 0.377. The van der Waals surface area contributed by atoms with E-state index in [-0.39, 0.29) is 34.7 Å². The number of para-hydroxylation sites is 1. The monoisotopic (exact) mass is 569 g/mol. The number of carbonyl (C=O) groups is 1. The van der Waals surface area contributed by atoms with Crippen molar-refractivity contribution < 1.29 is 15.0 Å². The molecular formula is C34H39N3O3S. The Labute approximate surface area is 246 Å². The highest BCUT2D eigenvalue weighted by Crippen LogP contribution is 2.67. The van der Waals surface area contributed by atoms with Gasteiger partial charge in [0, 0.05) is 11.6 Å². The van der Waals surface area contributed by atoms with Gasteiger partial charge in [-0.15, -0.1) is 0 Å². The molecule has 41 heavy (non-hydrogen) atoms. The van der Waals surface area contributed by atoms with Gasteiger partial charge in [0.2, 0.25) is 0 Å². The Bertz CT molecular complexity index is 1530. The van der Waals surface area contributed by atoms with Crippen LogP contribution in [0.3, 0.4) is 0 Å². The van der Waals surface area contributed by atoms with E-state index in [1.807, 2.05) is 24.4 Å². The Morgan fingerprint density at radius 1 is 1.15 bits per heavy atom. The average Bonchev–Trinajstić information content (AvgIpc) is 3.48. The molecule has 7 heteroatoms. The van der Waals surface area contributed by atoms with Crippen LogP contribution in [0.1, 0.15) is 62.8 Å². The predicted molar refractivity (Wildman–Crippen MR) is 161 cm³/mol. The first-order valence-corrected chi connectivity index (χ1v) is 16.0. The summed E-state index contributed by atoms with van der Waals surface area (Å²) in [7, 11) is 0. The zero-order valence-corrected chi connectivity index (χ0v) is 24.9. The number of aromatic nitrogens is 3. The normalized spacial score (nSPS) is 35.6. The van der Waals surface area contributed by atoms with E-state index >= 15 is 0 Å². The fourth-order valence-electron chi connectivity index (χ4n) is 9.33. The third-order valence-corrected chi connectivity index (χ3v) is 12.3. The summed E-state index contributed by atoms with van der Waals surface area (Å²) in [5.41, 5.74) is 3.86. The van der Waals surface area contributed by atoms with E-state index in [0.717, 1.165) is 42.1 Å². The predicted octanol–water partition coefficient (Wildman–Crippen LogP) is 5.82. The molecule has 2 heterocycles. The van der Waals surface area contributed by atoms with Gasteiger partial charge in [0.15, 0.2) is 5.78 Å². The van der Waals surface area contributed by atoms with E-state index < -0.39 is 17.1 Å². The minimum absolute atomic E-state index is 0.0934. The van der Waals surface area contributed by atoms with Crippen molar-refractivity contribution in [3.8, 4) is 5.69 Å². The van der Waals surface area contributed by atoms with Crippen molar-refractivity contribution in [3.63, 3.8) is 0 Å². The van der Waals surface area contributed by atoms with E-state index in [0.29, 0.717) is 12.8 Å². The second-order valence-electron chi connectivity index (χ2n) is 13.3. The Kier molecular flexibility index (Phi) is 6.38. The minimum atomic E-state index is -1.42. The molecule has 0 radical (unpaired) electrons. The number of allylic oxidation sites excluding steroid dienone is 1. The van der Waals surface area contributed by atoms with Crippen molar-refractivity contribution in [2.24, 2.45) is 28.6 Å². The molecule has 7 rings (SSSR count). The first-order chi connectivity index (χ1) is 19.7. The zero-order chi connectivity index (χ0) is 28.6. The summed E-state index contributed by atoms with van der Waals surface area (Å²) >= 11 is 1.39. The fourth-order valence-corrected chi connectivity index (χ4v) is 10.2. The first-order valence-electron chi connectivity index (χ1n) is 15.0. The maximum Gasteiger partial charge on any atom is 0.175 e. The number of fused-ring (bicyclic) bond motifs is 6. The van der Waals surface area contributed by atoms with Gasteiger partial charge in [-0.25, -0.2) is 9.67 Å². The molecule has 0 aliphatic heterocycles. The fraction of sp³-hybridized carbons (Fsp3) is 0.500. The molecule has 0 spiro atoms. The number of aliphatic hydroxyl groups excluding tert-OH is 1. The van der Waals surface area contributed by atoms with Crippen molar-refractivity contribution in [3.05, 3.63) is 77.3 Å². The highest BCUT2D eigenvalue weighted by Gasteiger charge is 2.68. The van der Waals surface area contributed by atoms with Crippen molar-refractivity contribution in [2.75, 3.05) is 5.75 Å². The summed E-state index contributed by atoms with van der Waals surface area (Å²) in [5.74, 6) is 0.634. The lowest BCUT2D eigenvalue weighted by atomic mass is 9.45. The highest BCUT2D eigenvalue weighted by atomic mass is 32.2. The number of aryl methyl sites for hydroxylation is 1. The molecule has 1 aromatic carbocycles. The zero-order valence-electron chi connectivity index (χ0n) is 24.1. The standard InChI is InChI=1S/C34H39N3O3S/c1-21-8-4-5-9-26(21)37-27-16-23-11-12-24-25-13-14-34(40,29(39)20-41-30-10-6-7-15-35-30)33(25,3)18-28(38)31(24)32(23,2)17-22(27)19-36-37/h4-10,15-16,19,24-25,28,31,38,40H,11-14,17-18,20H2,1-3H3/t24?,25?,28?,31?,32?,33?,34-/m0/s1. The number of rotatable bonds is 5. The molecule has 3 fully saturated rings. The van der Waals surface area contributed by atoms with Crippen molar-refractivity contribution in [1.82, 2.24) is 14.8 Å². The summed E-state index contributed by atoms with van der Waals surface area (Å²) in [5, 5.41) is 29.6. The van der Waals surface area contributed by atoms with E-state index in [4.69, 9.17) is 5.10 Å². The number of hydrogen-bond acceptors (Lipinski definition) is 6. The smallest absolute Gasteiger partial charge is 0.175 e. The number of thioether (sulfide) groups is 1. The molecule has 3 aromatic rings. The number of Topliss-reactive ketones (excluding diaryl/α,β-unsaturated/α-hetero) is 1. The van der Waals surface area contributed by atoms with Crippen LogP contribution in [0.5, 0.6) is 0 Å². The lowest BCUT2D eigenvalue weighted by Gasteiger charge is -2.60. The van der Waals surface area contributed by atoms with Gasteiger partial charge in [-0.2, -0.15) is 5.10 Å². The maximum absolute atomic E-state index is 13.6. The molecule has 7 atom stereocenters. The van der Waals surface area contributed by atoms with Gasteiger partial charge in [0.05, 0.1) is 34.5 Å². The number of ketones is 1. The summed E-state index contributed by atoms with van der Waals surface area (Å²) in [6, 6.07) is 14.0. The Hall–Kier alpha value is -2.74. The number of carbonyl (C=O) groups excluding carboxylic acids is 1. The van der Waals surface area contributed by atoms with E-state index in [2.05, 4.69) is 60.8 Å². The molecular weight excluding hydrogens is 530 g/mol. The molecule has 4 aliphatic carbocycles. The van der Waals surface area contributed by atoms with Crippen LogP contribution in [0.25, 0.3) is 11.8 Å². The second-order valence-corrected chi connectivity index (χ2v) is 14.3. The van der Waals surface area contributed by atoms with Crippen LogP contribution in [0, 0.1) is 35.5 Å². The molecule has 0 amide bonds. The average molecular weight is 570 g/mol. The number of pyridine rings is 1. The summed E-state index contributed by atoms with van der Waals surface area (Å²) in [4.78, 5) is 18.0. The second kappa shape index (κ2) is 9.65. The highest BCUT2D eigenvalue weighted by molar-refractivity contribution is 7.99. The summed E-state index contributed by atoms with van der Waals surface area (Å²) < 4.78 is 2.07. The van der Waals surface area contributed by atoms with Crippen LogP contribution < -0.4 is 0 Å². The van der Waals surface area contributed by atoms with Gasteiger partial charge < -0.3 is 10.2 Å². The number of aliphatic hydroxyl groups is 2. The van der Waals surface area contributed by atoms with Gasteiger partial charge in [0.1, 0.15) is 5.60 Å². The summed E-state index contributed by atoms with van der Waals surface area (Å²) in [6.45, 7) is 6.53. The van der Waals surface area contributed by atoms with Crippen LogP contribution >= 0.6 is 11.8 Å². The molecule has 2 aromatic heterocycles. The lowest BCUT2D eigenvalue weighted by Crippen LogP contribution is -2.62. The van der Waals surface area contributed by atoms with Crippen LogP contribution in [-0.4, -0.2) is 48.2 Å². The lowest BCUT2D eigenvalue weighted by molar-refractivity contribution is -0.177. The Morgan fingerprint density at radius 3 is 2.73 bits per heavy atom. The molecule has 0 bridgehead atoms. The minimum Gasteiger partial charge on any atom is -0.393 e. The summed E-state index contributed by atoms with van der Waals surface area (Å²) in [6.07, 6.45) is 10.0. The van der Waals surface area contributed by atoms with E-state index in [1.54, 1.807) is 6.20 Å². The van der Waals surface area contributed by atoms with Crippen molar-refractivity contribution in [2.45, 2.75) is 76.0 Å². The number of nitrogens with zero attached hydrogens (tertiary/aromatic N) is 3. The van der Waals surface area contributed by atoms with Crippen LogP contribution in [0.2, 0.25) is 0 Å². The molecule has 2 N–H and O–H groups in total. The molecule has 214 valence electrons. The van der Waals surface area contributed by atoms with Gasteiger partial charge in [-0.3, -0.25) is 4.79 Å². The Morgan fingerprint density at radius 2 is 1.95 bits per heavy atom. The van der Waals surface area contributed by atoms with Gasteiger partial charge in [-0.05, 0) is 104 Å². The molecule has 3 saturated carbocycles. The topological polar surface area (TPSA) is 88.2 Å². The molecule has 0 saturated heterocycles. The van der Waals surface area contributed by atoms with Gasteiger partial charge >= 0.3 is 0 Å². The van der Waals surface area contributed by atoms with Crippen LogP contribution in [0.15, 0.2) is 65.5 Å². The van der Waals surface area contributed by atoms with Gasteiger partial charge in [0.25, 0.3) is 0 Å². The first kappa shape index (κ1) is 27.1. The third-order valence-electron chi connectivity index (χ3n) is 11.4.